The highest BCUT2D eigenvalue weighted by atomic mass is 16.5. The lowest BCUT2D eigenvalue weighted by Crippen LogP contribution is -2.50. The van der Waals surface area contributed by atoms with Crippen LogP contribution in [0.25, 0.3) is 0 Å². The molecule has 33 heavy (non-hydrogen) atoms. The van der Waals surface area contributed by atoms with E-state index in [9.17, 15) is 4.79 Å². The Morgan fingerprint density at radius 2 is 1.82 bits per heavy atom. The van der Waals surface area contributed by atoms with E-state index in [1.807, 2.05) is 42.6 Å². The lowest BCUT2D eigenvalue weighted by Gasteiger charge is -2.40. The first-order chi connectivity index (χ1) is 16.2. The van der Waals surface area contributed by atoms with Crippen molar-refractivity contribution in [2.24, 2.45) is 0 Å². The molecule has 3 aromatic rings. The first-order valence-corrected chi connectivity index (χ1v) is 11.1. The van der Waals surface area contributed by atoms with E-state index in [0.717, 1.165) is 43.2 Å². The summed E-state index contributed by atoms with van der Waals surface area (Å²) >= 11 is 0. The van der Waals surface area contributed by atoms with Crippen LogP contribution in [-0.4, -0.2) is 62.7 Å². The monoisotopic (exact) mass is 446 g/mol. The van der Waals surface area contributed by atoms with E-state index in [0.29, 0.717) is 17.9 Å². The van der Waals surface area contributed by atoms with Crippen molar-refractivity contribution in [2.75, 3.05) is 51.8 Å². The predicted molar refractivity (Wildman–Crippen MR) is 129 cm³/mol. The maximum atomic E-state index is 12.8. The van der Waals surface area contributed by atoms with Gasteiger partial charge in [0.2, 0.25) is 0 Å². The summed E-state index contributed by atoms with van der Waals surface area (Å²) in [5, 5.41) is 3.11. The molecule has 2 heterocycles. The zero-order chi connectivity index (χ0) is 23.0. The van der Waals surface area contributed by atoms with Crippen LogP contribution in [0.2, 0.25) is 0 Å². The number of carbonyl (C=O) groups excluding carboxylic acids is 1. The smallest absolute Gasteiger partial charge is 0.251 e. The Hall–Kier alpha value is -3.58. The Balaban J connectivity index is 1.45. The van der Waals surface area contributed by atoms with Crippen molar-refractivity contribution >= 4 is 11.6 Å². The van der Waals surface area contributed by atoms with Crippen LogP contribution in [0.15, 0.2) is 73.1 Å². The Morgan fingerprint density at radius 3 is 2.55 bits per heavy atom. The second-order valence-corrected chi connectivity index (χ2v) is 7.94. The molecule has 172 valence electrons. The van der Waals surface area contributed by atoms with E-state index in [2.05, 4.69) is 32.2 Å². The van der Waals surface area contributed by atoms with Crippen LogP contribution in [0.1, 0.15) is 22.0 Å². The molecule has 1 aliphatic heterocycles. The number of carbonyl (C=O) groups is 1. The number of piperazine rings is 1. The fourth-order valence-corrected chi connectivity index (χ4v) is 4.25. The number of para-hydroxylation sites is 2. The molecular formula is C26H30N4O3. The average Bonchev–Trinajstić information content (AvgIpc) is 2.89. The minimum atomic E-state index is -0.115. The standard InChI is InChI=1S/C26H30N4O3/c1-32-22-9-5-7-20(17-22)26(31)28-19-24(21-8-6-12-27-18-21)30-15-13-29(14-16-30)23-10-3-4-11-25(23)33-2/h3-12,17-18,24H,13-16,19H2,1-2H3,(H,28,31)/t24-/m1/s1. The van der Waals surface area contributed by atoms with Gasteiger partial charge in [-0.25, -0.2) is 0 Å². The molecule has 1 amide bonds. The van der Waals surface area contributed by atoms with Gasteiger partial charge < -0.3 is 19.7 Å². The summed E-state index contributed by atoms with van der Waals surface area (Å²) in [6.07, 6.45) is 3.66. The first-order valence-electron chi connectivity index (χ1n) is 11.1. The van der Waals surface area contributed by atoms with Gasteiger partial charge in [0.05, 0.1) is 25.9 Å². The van der Waals surface area contributed by atoms with Gasteiger partial charge in [0.25, 0.3) is 5.91 Å². The number of anilines is 1. The summed E-state index contributed by atoms with van der Waals surface area (Å²) in [6, 6.07) is 19.4. The largest absolute Gasteiger partial charge is 0.497 e. The summed E-state index contributed by atoms with van der Waals surface area (Å²) in [6.45, 7) is 3.98. The van der Waals surface area contributed by atoms with Gasteiger partial charge in [0, 0.05) is 50.7 Å². The van der Waals surface area contributed by atoms with E-state index in [-0.39, 0.29) is 11.9 Å². The van der Waals surface area contributed by atoms with Crippen LogP contribution in [0, 0.1) is 0 Å². The van der Waals surface area contributed by atoms with E-state index >= 15 is 0 Å². The molecule has 0 saturated carbocycles. The molecule has 0 radical (unpaired) electrons. The second kappa shape index (κ2) is 10.8. The van der Waals surface area contributed by atoms with Gasteiger partial charge in [-0.2, -0.15) is 0 Å². The molecule has 1 aliphatic rings. The Labute approximate surface area is 195 Å². The quantitative estimate of drug-likeness (QED) is 0.572. The molecular weight excluding hydrogens is 416 g/mol. The molecule has 1 saturated heterocycles. The van der Waals surface area contributed by atoms with Crippen LogP contribution >= 0.6 is 0 Å². The van der Waals surface area contributed by atoms with Gasteiger partial charge in [0.15, 0.2) is 0 Å². The number of hydrogen-bond acceptors (Lipinski definition) is 6. The average molecular weight is 447 g/mol. The number of nitrogens with one attached hydrogen (secondary N) is 1. The number of benzene rings is 2. The Kier molecular flexibility index (Phi) is 7.42. The van der Waals surface area contributed by atoms with Crippen molar-refractivity contribution in [3.8, 4) is 11.5 Å². The third-order valence-corrected chi connectivity index (χ3v) is 6.04. The molecule has 0 bridgehead atoms. The van der Waals surface area contributed by atoms with E-state index < -0.39 is 0 Å². The van der Waals surface area contributed by atoms with Crippen LogP contribution in [-0.2, 0) is 0 Å². The minimum Gasteiger partial charge on any atom is -0.497 e. The number of pyridine rings is 1. The maximum absolute atomic E-state index is 12.8. The third kappa shape index (κ3) is 5.43. The fourth-order valence-electron chi connectivity index (χ4n) is 4.25. The van der Waals surface area contributed by atoms with E-state index in [4.69, 9.17) is 9.47 Å². The number of ether oxygens (including phenoxy) is 2. The van der Waals surface area contributed by atoms with Gasteiger partial charge in [-0.3, -0.25) is 14.7 Å². The van der Waals surface area contributed by atoms with Gasteiger partial charge >= 0.3 is 0 Å². The lowest BCUT2D eigenvalue weighted by molar-refractivity contribution is 0.0929. The number of aromatic nitrogens is 1. The molecule has 0 aliphatic carbocycles. The lowest BCUT2D eigenvalue weighted by atomic mass is 10.1. The molecule has 4 rings (SSSR count). The molecule has 1 fully saturated rings. The van der Waals surface area contributed by atoms with Crippen LogP contribution in [0.5, 0.6) is 11.5 Å². The number of nitrogens with zero attached hydrogens (tertiary/aromatic N) is 3. The van der Waals surface area contributed by atoms with Crippen LogP contribution in [0.3, 0.4) is 0 Å². The van der Waals surface area contributed by atoms with Crippen molar-refractivity contribution in [3.63, 3.8) is 0 Å². The number of methoxy groups -OCH3 is 2. The van der Waals surface area contributed by atoms with Crippen LogP contribution in [0.4, 0.5) is 5.69 Å². The number of hydrogen-bond donors (Lipinski definition) is 1. The fraction of sp³-hybridized carbons (Fsp3) is 0.308. The predicted octanol–water partition coefficient (Wildman–Crippen LogP) is 3.39. The molecule has 1 atom stereocenters. The second-order valence-electron chi connectivity index (χ2n) is 7.94. The van der Waals surface area contributed by atoms with Gasteiger partial charge in [-0.05, 0) is 42.0 Å². The Bertz CT molecular complexity index is 1050. The molecule has 7 heteroatoms. The van der Waals surface area contributed by atoms with Gasteiger partial charge in [-0.1, -0.05) is 24.3 Å². The summed E-state index contributed by atoms with van der Waals surface area (Å²) < 4.78 is 10.8. The zero-order valence-corrected chi connectivity index (χ0v) is 19.1. The molecule has 2 aromatic carbocycles. The number of amides is 1. The third-order valence-electron chi connectivity index (χ3n) is 6.04. The molecule has 0 spiro atoms. The molecule has 1 aromatic heterocycles. The highest BCUT2D eigenvalue weighted by Crippen LogP contribution is 2.30. The topological polar surface area (TPSA) is 66.9 Å². The van der Waals surface area contributed by atoms with Crippen molar-refractivity contribution < 1.29 is 14.3 Å². The highest BCUT2D eigenvalue weighted by molar-refractivity contribution is 5.94. The highest BCUT2D eigenvalue weighted by Gasteiger charge is 2.27. The van der Waals surface area contributed by atoms with Crippen molar-refractivity contribution in [3.05, 3.63) is 84.2 Å². The summed E-state index contributed by atoms with van der Waals surface area (Å²) in [5.74, 6) is 1.44. The normalized spacial score (nSPS) is 15.0. The maximum Gasteiger partial charge on any atom is 0.251 e. The van der Waals surface area contributed by atoms with Crippen LogP contribution < -0.4 is 19.7 Å². The summed E-state index contributed by atoms with van der Waals surface area (Å²) in [4.78, 5) is 21.9. The SMILES string of the molecule is COc1cccc(C(=O)NC[C@H](c2cccnc2)N2CCN(c3ccccc3OC)CC2)c1. The van der Waals surface area contributed by atoms with E-state index in [1.165, 1.54) is 0 Å². The van der Waals surface area contributed by atoms with Crippen molar-refractivity contribution in [1.82, 2.24) is 15.2 Å². The van der Waals surface area contributed by atoms with Gasteiger partial charge in [0.1, 0.15) is 11.5 Å². The Morgan fingerprint density at radius 1 is 1.00 bits per heavy atom. The van der Waals surface area contributed by atoms with Gasteiger partial charge in [-0.15, -0.1) is 0 Å². The first kappa shape index (κ1) is 22.6. The van der Waals surface area contributed by atoms with E-state index in [1.54, 1.807) is 32.5 Å². The summed E-state index contributed by atoms with van der Waals surface area (Å²) in [5.41, 5.74) is 2.79. The molecule has 1 N–H and O–H groups in total. The minimum absolute atomic E-state index is 0.0353. The zero-order valence-electron chi connectivity index (χ0n) is 19.1. The number of rotatable bonds is 8. The molecule has 0 unspecified atom stereocenters. The van der Waals surface area contributed by atoms with Crippen molar-refractivity contribution in [2.45, 2.75) is 6.04 Å². The van der Waals surface area contributed by atoms with Crippen molar-refractivity contribution in [1.29, 1.82) is 0 Å². The molecule has 7 nitrogen and oxygen atoms in total. The summed E-state index contributed by atoms with van der Waals surface area (Å²) in [7, 11) is 3.30.